The van der Waals surface area contributed by atoms with Crippen LogP contribution in [-0.2, 0) is 19.8 Å². The van der Waals surface area contributed by atoms with E-state index in [0.717, 1.165) is 12.3 Å². The molecule has 1 amide bonds. The number of anilines is 1. The zero-order chi connectivity index (χ0) is 24.9. The zero-order valence-electron chi connectivity index (χ0n) is 17.1. The molecule has 4 heterocycles. The Morgan fingerprint density at radius 2 is 1.94 bits per heavy atom. The number of hydrogen-bond acceptors (Lipinski definition) is 8. The molecule has 4 rings (SSSR count). The van der Waals surface area contributed by atoms with Crippen LogP contribution in [0.1, 0.15) is 32.1 Å². The monoisotopic (exact) mass is 531 g/mol. The second-order valence-electron chi connectivity index (χ2n) is 6.50. The van der Waals surface area contributed by atoms with Gasteiger partial charge >= 0.3 is 6.18 Å². The highest BCUT2D eigenvalue weighted by Crippen LogP contribution is 2.27. The van der Waals surface area contributed by atoms with Crippen LogP contribution in [0.2, 0.25) is 0 Å². The average Bonchev–Trinajstić information content (AvgIpc) is 3.45. The minimum Gasteiger partial charge on any atom is -0.347 e. The average molecular weight is 532 g/mol. The highest BCUT2D eigenvalue weighted by molar-refractivity contribution is 7.08. The van der Waals surface area contributed by atoms with Crippen LogP contribution in [0.5, 0.6) is 0 Å². The van der Waals surface area contributed by atoms with E-state index in [-0.39, 0.29) is 28.6 Å². The summed E-state index contributed by atoms with van der Waals surface area (Å²) in [5, 5.41) is 9.79. The molecule has 0 radical (unpaired) electrons. The molecule has 0 aliphatic carbocycles. The predicted molar refractivity (Wildman–Crippen MR) is 121 cm³/mol. The number of alkyl halides is 3. The maximum Gasteiger partial charge on any atom is 0.433 e. The Kier molecular flexibility index (Phi) is 8.02. The molecule has 0 saturated carbocycles. The van der Waals surface area contributed by atoms with Crippen molar-refractivity contribution in [3.63, 3.8) is 0 Å². The molecule has 34 heavy (non-hydrogen) atoms. The van der Waals surface area contributed by atoms with Crippen LogP contribution in [0.15, 0.2) is 41.5 Å². The van der Waals surface area contributed by atoms with Crippen molar-refractivity contribution in [1.82, 2.24) is 30.0 Å². The van der Waals surface area contributed by atoms with Gasteiger partial charge in [-0.15, -0.1) is 0 Å². The molecule has 178 valence electrons. The highest BCUT2D eigenvalue weighted by Gasteiger charge is 2.32. The van der Waals surface area contributed by atoms with Gasteiger partial charge in [-0.3, -0.25) is 19.4 Å². The Labute approximate surface area is 204 Å². The minimum atomic E-state index is -4.56. The van der Waals surface area contributed by atoms with Crippen molar-refractivity contribution in [3.05, 3.63) is 64.0 Å². The van der Waals surface area contributed by atoms with Gasteiger partial charge in [0.05, 0.1) is 0 Å². The Morgan fingerprint density at radius 1 is 1.18 bits per heavy atom. The summed E-state index contributed by atoms with van der Waals surface area (Å²) in [5.41, 5.74) is 0.323. The number of fused-ring (bicyclic) bond motifs is 1. The summed E-state index contributed by atoms with van der Waals surface area (Å²) in [6.07, 6.45) is -2.35. The fourth-order valence-electron chi connectivity index (χ4n) is 2.65. The highest BCUT2D eigenvalue weighted by atomic mass is 35.5. The van der Waals surface area contributed by atoms with Gasteiger partial charge in [0.25, 0.3) is 11.1 Å². The second kappa shape index (κ2) is 10.8. The summed E-state index contributed by atoms with van der Waals surface area (Å²) in [6.45, 7) is -0.136. The summed E-state index contributed by atoms with van der Waals surface area (Å²) in [6, 6.07) is 3.94. The number of nitrogens with zero attached hydrogens (tertiary/aromatic N) is 5. The molecule has 0 aliphatic rings. The molecule has 15 heteroatoms. The van der Waals surface area contributed by atoms with Gasteiger partial charge in [-0.1, -0.05) is 0 Å². The third kappa shape index (κ3) is 5.98. The Bertz CT molecular complexity index is 1310. The fourth-order valence-corrected chi connectivity index (χ4v) is 3.68. The first-order valence-corrected chi connectivity index (χ1v) is 10.9. The standard InChI is InChI=1S/C14H11ClF3N7O.C5H3ClOS/c1-25-12(23-15)10-9(24-25)11(22-6-21-10)13(26)20-5-7-2-3-19-8(4-7)14(16,17)18;6-5(7)4-1-2-8-3-4/h2-4,6,23H,5H2,1H3,(H,20,26);1-3H. The molecule has 0 atom stereocenters. The number of nitrogens with one attached hydrogen (secondary N) is 2. The number of amides is 1. The number of carbonyl (C=O) groups excluding carboxylic acids is 2. The third-order valence-electron chi connectivity index (χ3n) is 4.24. The Morgan fingerprint density at radius 3 is 2.53 bits per heavy atom. The lowest BCUT2D eigenvalue weighted by molar-refractivity contribution is -0.141. The van der Waals surface area contributed by atoms with E-state index in [4.69, 9.17) is 23.4 Å². The van der Waals surface area contributed by atoms with Crippen molar-refractivity contribution in [2.24, 2.45) is 7.05 Å². The molecular formula is C19H14Cl2F3N7O2S. The number of thiophene rings is 1. The molecule has 0 fully saturated rings. The summed E-state index contributed by atoms with van der Waals surface area (Å²) in [7, 11) is 1.60. The second-order valence-corrected chi connectivity index (χ2v) is 7.81. The van der Waals surface area contributed by atoms with Gasteiger partial charge in [0, 0.05) is 42.5 Å². The lowest BCUT2D eigenvalue weighted by atomic mass is 10.2. The van der Waals surface area contributed by atoms with Crippen LogP contribution in [0.4, 0.5) is 19.0 Å². The van der Waals surface area contributed by atoms with E-state index in [0.29, 0.717) is 16.9 Å². The smallest absolute Gasteiger partial charge is 0.347 e. The number of hydrogen-bond donors (Lipinski definition) is 2. The molecule has 2 N–H and O–H groups in total. The van der Waals surface area contributed by atoms with Gasteiger partial charge < -0.3 is 5.32 Å². The molecule has 9 nitrogen and oxygen atoms in total. The van der Waals surface area contributed by atoms with E-state index in [9.17, 15) is 22.8 Å². The van der Waals surface area contributed by atoms with E-state index in [1.807, 2.05) is 5.38 Å². The van der Waals surface area contributed by atoms with Crippen LogP contribution in [0, 0.1) is 0 Å². The number of pyridine rings is 1. The zero-order valence-corrected chi connectivity index (χ0v) is 19.4. The SMILES string of the molecule is Cn1nc2c(C(=O)NCc3ccnc(C(F)(F)F)c3)ncnc2c1NCl.O=C(Cl)c1ccsc1. The molecular weight excluding hydrogens is 518 g/mol. The Balaban J connectivity index is 0.000000343. The van der Waals surface area contributed by atoms with E-state index in [1.165, 1.54) is 28.4 Å². The van der Waals surface area contributed by atoms with Crippen molar-refractivity contribution in [3.8, 4) is 0 Å². The van der Waals surface area contributed by atoms with Crippen molar-refractivity contribution in [2.75, 3.05) is 4.84 Å². The number of aromatic nitrogens is 5. The van der Waals surface area contributed by atoms with Crippen molar-refractivity contribution in [1.29, 1.82) is 0 Å². The number of carbonyl (C=O) groups is 2. The molecule has 4 aromatic rings. The van der Waals surface area contributed by atoms with Crippen LogP contribution < -0.4 is 10.2 Å². The van der Waals surface area contributed by atoms with Crippen molar-refractivity contribution < 1.29 is 22.8 Å². The molecule has 0 unspecified atom stereocenters. The fraction of sp³-hybridized carbons (Fsp3) is 0.158. The summed E-state index contributed by atoms with van der Waals surface area (Å²) in [5.74, 6) is -0.232. The number of halogens is 5. The lowest BCUT2D eigenvalue weighted by Gasteiger charge is -2.08. The van der Waals surface area contributed by atoms with Crippen LogP contribution in [0.3, 0.4) is 0 Å². The first-order chi connectivity index (χ1) is 16.1. The lowest BCUT2D eigenvalue weighted by Crippen LogP contribution is -2.24. The Hall–Kier alpha value is -3.29. The predicted octanol–water partition coefficient (Wildman–Crippen LogP) is 4.40. The largest absolute Gasteiger partial charge is 0.433 e. The molecule has 0 aromatic carbocycles. The molecule has 0 saturated heterocycles. The molecule has 0 aliphatic heterocycles. The quantitative estimate of drug-likeness (QED) is 0.289. The van der Waals surface area contributed by atoms with Gasteiger partial charge in [-0.2, -0.15) is 29.6 Å². The van der Waals surface area contributed by atoms with Gasteiger partial charge in [0.2, 0.25) is 0 Å². The normalized spacial score (nSPS) is 11.0. The van der Waals surface area contributed by atoms with Crippen LogP contribution in [0.25, 0.3) is 11.0 Å². The minimum absolute atomic E-state index is 0.0196. The van der Waals surface area contributed by atoms with E-state index >= 15 is 0 Å². The first-order valence-electron chi connectivity index (χ1n) is 9.18. The van der Waals surface area contributed by atoms with Crippen molar-refractivity contribution >= 4 is 62.7 Å². The van der Waals surface area contributed by atoms with Gasteiger partial charge in [-0.05, 0) is 40.7 Å². The first kappa shape index (κ1) is 25.3. The van der Waals surface area contributed by atoms with E-state index in [1.54, 1.807) is 18.5 Å². The maximum absolute atomic E-state index is 12.7. The number of aryl methyl sites for hydroxylation is 1. The van der Waals surface area contributed by atoms with Gasteiger partial charge in [-0.25, -0.2) is 14.6 Å². The molecule has 4 aromatic heterocycles. The third-order valence-corrected chi connectivity index (χ3v) is 5.32. The maximum atomic E-state index is 12.7. The van der Waals surface area contributed by atoms with Gasteiger partial charge in [0.1, 0.15) is 23.1 Å². The van der Waals surface area contributed by atoms with E-state index < -0.39 is 17.8 Å². The molecule has 0 bridgehead atoms. The summed E-state index contributed by atoms with van der Waals surface area (Å²) < 4.78 is 39.4. The molecule has 0 spiro atoms. The van der Waals surface area contributed by atoms with Crippen molar-refractivity contribution in [2.45, 2.75) is 12.7 Å². The van der Waals surface area contributed by atoms with E-state index in [2.05, 4.69) is 30.2 Å². The summed E-state index contributed by atoms with van der Waals surface area (Å²) >= 11 is 12.2. The number of rotatable bonds is 5. The summed E-state index contributed by atoms with van der Waals surface area (Å²) in [4.78, 5) is 36.2. The van der Waals surface area contributed by atoms with Crippen LogP contribution in [-0.4, -0.2) is 35.9 Å². The van der Waals surface area contributed by atoms with Crippen LogP contribution >= 0.6 is 34.7 Å². The topological polar surface area (TPSA) is 115 Å². The van der Waals surface area contributed by atoms with Gasteiger partial charge in [0.15, 0.2) is 11.5 Å².